The molecule has 1 aliphatic heterocycles. The molecule has 0 saturated carbocycles. The molecule has 1 fully saturated rings. The van der Waals surface area contributed by atoms with Crippen LogP contribution >= 0.6 is 11.6 Å². The minimum absolute atomic E-state index is 0.340. The molecule has 1 aliphatic rings. The molecule has 0 spiro atoms. The topological polar surface area (TPSA) is 57.7 Å². The maximum atomic E-state index is 13.1. The van der Waals surface area contributed by atoms with Crippen molar-refractivity contribution in [2.24, 2.45) is 0 Å². The first-order chi connectivity index (χ1) is 11.6. The lowest BCUT2D eigenvalue weighted by Gasteiger charge is -2.36. The van der Waals surface area contributed by atoms with Crippen LogP contribution in [0.15, 0.2) is 18.2 Å². The molecule has 0 bridgehead atoms. The molecule has 1 atom stereocenters. The van der Waals surface area contributed by atoms with E-state index >= 15 is 0 Å². The van der Waals surface area contributed by atoms with Gasteiger partial charge >= 0.3 is 0 Å². The Kier molecular flexibility index (Phi) is 6.45. The van der Waals surface area contributed by atoms with E-state index in [-0.39, 0.29) is 11.7 Å². The number of rotatable bonds is 5. The van der Waals surface area contributed by atoms with Crippen LogP contribution in [0.25, 0.3) is 0 Å². The highest BCUT2D eigenvalue weighted by Gasteiger charge is 2.34. The summed E-state index contributed by atoms with van der Waals surface area (Å²) in [4.78, 5) is 16.2. The molecule has 0 N–H and O–H groups in total. The van der Waals surface area contributed by atoms with E-state index in [2.05, 4.69) is 4.90 Å². The van der Waals surface area contributed by atoms with Crippen LogP contribution in [-0.4, -0.2) is 60.8 Å². The average Bonchev–Trinajstić information content (AvgIpc) is 2.56. The zero-order chi connectivity index (χ0) is 18.8. The monoisotopic (exact) mass is 390 g/mol. The Balaban J connectivity index is 1.94. The SMILES string of the molecule is CC(C)S(=O)(=O)C(C)C(=O)N1CCN(Cc2ccc(F)cc2Cl)CC1. The van der Waals surface area contributed by atoms with Gasteiger partial charge in [-0.15, -0.1) is 0 Å². The van der Waals surface area contributed by atoms with E-state index in [1.165, 1.54) is 19.1 Å². The smallest absolute Gasteiger partial charge is 0.240 e. The Morgan fingerprint density at radius 1 is 1.20 bits per heavy atom. The summed E-state index contributed by atoms with van der Waals surface area (Å²) in [6, 6.07) is 4.32. The summed E-state index contributed by atoms with van der Waals surface area (Å²) in [7, 11) is -3.46. The lowest BCUT2D eigenvalue weighted by atomic mass is 10.2. The van der Waals surface area contributed by atoms with Crippen LogP contribution in [0.2, 0.25) is 5.02 Å². The predicted octanol–water partition coefficient (Wildman–Crippen LogP) is 2.33. The first kappa shape index (κ1) is 20.1. The number of carbonyl (C=O) groups excluding carboxylic acids is 1. The second-order valence-electron chi connectivity index (χ2n) is 6.62. The third kappa shape index (κ3) is 4.71. The summed E-state index contributed by atoms with van der Waals surface area (Å²) < 4.78 is 37.5. The number of hydrogen-bond donors (Lipinski definition) is 0. The van der Waals surface area contributed by atoms with Gasteiger partial charge in [-0.3, -0.25) is 9.69 Å². The molecule has 25 heavy (non-hydrogen) atoms. The predicted molar refractivity (Wildman–Crippen MR) is 96.8 cm³/mol. The number of piperazine rings is 1. The molecular weight excluding hydrogens is 367 g/mol. The first-order valence-corrected chi connectivity index (χ1v) is 10.3. The second kappa shape index (κ2) is 8.01. The minimum atomic E-state index is -3.46. The fourth-order valence-electron chi connectivity index (χ4n) is 2.82. The normalized spacial score (nSPS) is 17.8. The molecule has 5 nitrogen and oxygen atoms in total. The highest BCUT2D eigenvalue weighted by atomic mass is 35.5. The van der Waals surface area contributed by atoms with Gasteiger partial charge in [-0.05, 0) is 38.5 Å². The fraction of sp³-hybridized carbons (Fsp3) is 0.588. The van der Waals surface area contributed by atoms with Crippen molar-refractivity contribution in [3.63, 3.8) is 0 Å². The van der Waals surface area contributed by atoms with Crippen molar-refractivity contribution in [1.82, 2.24) is 9.80 Å². The first-order valence-electron chi connectivity index (χ1n) is 8.30. The second-order valence-corrected chi connectivity index (χ2v) is 9.85. The van der Waals surface area contributed by atoms with Gasteiger partial charge in [-0.25, -0.2) is 12.8 Å². The van der Waals surface area contributed by atoms with Crippen LogP contribution < -0.4 is 0 Å². The van der Waals surface area contributed by atoms with Gasteiger partial charge in [0.2, 0.25) is 5.91 Å². The molecular formula is C17H24ClFN2O3S. The Labute approximate surface area is 153 Å². The van der Waals surface area contributed by atoms with Gasteiger partial charge in [-0.2, -0.15) is 0 Å². The van der Waals surface area contributed by atoms with Crippen LogP contribution in [0.3, 0.4) is 0 Å². The number of amides is 1. The number of carbonyl (C=O) groups is 1. The Bertz CT molecular complexity index is 731. The quantitative estimate of drug-likeness (QED) is 0.774. The Hall–Kier alpha value is -1.18. The van der Waals surface area contributed by atoms with Crippen molar-refractivity contribution in [3.8, 4) is 0 Å². The average molecular weight is 391 g/mol. The summed E-state index contributed by atoms with van der Waals surface area (Å²) >= 11 is 6.05. The minimum Gasteiger partial charge on any atom is -0.339 e. The zero-order valence-electron chi connectivity index (χ0n) is 14.7. The van der Waals surface area contributed by atoms with Gasteiger partial charge in [-0.1, -0.05) is 17.7 Å². The number of nitrogens with zero attached hydrogens (tertiary/aromatic N) is 2. The molecule has 2 rings (SSSR count). The van der Waals surface area contributed by atoms with Crippen molar-refractivity contribution >= 4 is 27.3 Å². The molecule has 8 heteroatoms. The van der Waals surface area contributed by atoms with Crippen molar-refractivity contribution in [3.05, 3.63) is 34.6 Å². The summed E-state index contributed by atoms with van der Waals surface area (Å²) in [6.45, 7) is 7.38. The van der Waals surface area contributed by atoms with Gasteiger partial charge in [0.15, 0.2) is 9.84 Å². The number of sulfone groups is 1. The molecule has 1 amide bonds. The summed E-state index contributed by atoms with van der Waals surface area (Å²) in [5, 5.41) is -1.21. The number of hydrogen-bond acceptors (Lipinski definition) is 4. The van der Waals surface area contributed by atoms with Crippen molar-refractivity contribution < 1.29 is 17.6 Å². The maximum absolute atomic E-state index is 13.1. The number of halogens is 2. The highest BCUT2D eigenvalue weighted by molar-refractivity contribution is 7.93. The van der Waals surface area contributed by atoms with E-state index in [1.54, 1.807) is 24.8 Å². The highest BCUT2D eigenvalue weighted by Crippen LogP contribution is 2.20. The van der Waals surface area contributed by atoms with Gasteiger partial charge in [0, 0.05) is 37.7 Å². The van der Waals surface area contributed by atoms with E-state index in [1.807, 2.05) is 0 Å². The molecule has 1 aromatic carbocycles. The van der Waals surface area contributed by atoms with Crippen LogP contribution in [-0.2, 0) is 21.2 Å². The van der Waals surface area contributed by atoms with E-state index in [0.29, 0.717) is 37.7 Å². The standard InChI is InChI=1S/C17H24ClFN2O3S/c1-12(2)25(23,24)13(3)17(22)21-8-6-20(7-9-21)11-14-4-5-15(19)10-16(14)18/h4-5,10,12-13H,6-9,11H2,1-3H3. The molecule has 0 aromatic heterocycles. The van der Waals surface area contributed by atoms with Crippen molar-refractivity contribution in [2.45, 2.75) is 37.8 Å². The van der Waals surface area contributed by atoms with E-state index < -0.39 is 20.3 Å². The van der Waals surface area contributed by atoms with Gasteiger partial charge in [0.05, 0.1) is 5.25 Å². The van der Waals surface area contributed by atoms with Crippen molar-refractivity contribution in [1.29, 1.82) is 0 Å². The lowest BCUT2D eigenvalue weighted by molar-refractivity contribution is -0.132. The summed E-state index contributed by atoms with van der Waals surface area (Å²) in [5.74, 6) is -0.710. The summed E-state index contributed by atoms with van der Waals surface area (Å²) in [5.41, 5.74) is 0.832. The molecule has 1 aromatic rings. The third-order valence-corrected chi connectivity index (χ3v) is 7.44. The van der Waals surface area contributed by atoms with Crippen molar-refractivity contribution in [2.75, 3.05) is 26.2 Å². The Morgan fingerprint density at radius 3 is 2.32 bits per heavy atom. The van der Waals surface area contributed by atoms with Crippen LogP contribution in [0.5, 0.6) is 0 Å². The van der Waals surface area contributed by atoms with Crippen LogP contribution in [0.4, 0.5) is 4.39 Å². The zero-order valence-corrected chi connectivity index (χ0v) is 16.3. The molecule has 1 heterocycles. The molecule has 1 unspecified atom stereocenters. The van der Waals surface area contributed by atoms with Crippen LogP contribution in [0, 0.1) is 5.82 Å². The molecule has 0 aliphatic carbocycles. The molecule has 140 valence electrons. The van der Waals surface area contributed by atoms with Gasteiger partial charge in [0.25, 0.3) is 0 Å². The third-order valence-electron chi connectivity index (χ3n) is 4.59. The van der Waals surface area contributed by atoms with Crippen LogP contribution in [0.1, 0.15) is 26.3 Å². The van der Waals surface area contributed by atoms with E-state index in [0.717, 1.165) is 5.56 Å². The van der Waals surface area contributed by atoms with Gasteiger partial charge < -0.3 is 4.90 Å². The largest absolute Gasteiger partial charge is 0.339 e. The Morgan fingerprint density at radius 2 is 1.80 bits per heavy atom. The number of benzene rings is 1. The van der Waals surface area contributed by atoms with Gasteiger partial charge in [0.1, 0.15) is 11.1 Å². The lowest BCUT2D eigenvalue weighted by Crippen LogP contribution is -2.52. The van der Waals surface area contributed by atoms with E-state index in [4.69, 9.17) is 11.6 Å². The molecule has 1 saturated heterocycles. The molecule has 0 radical (unpaired) electrons. The fourth-order valence-corrected chi connectivity index (χ4v) is 4.30. The summed E-state index contributed by atoms with van der Waals surface area (Å²) in [6.07, 6.45) is 0. The maximum Gasteiger partial charge on any atom is 0.240 e. The van der Waals surface area contributed by atoms with E-state index in [9.17, 15) is 17.6 Å².